The summed E-state index contributed by atoms with van der Waals surface area (Å²) in [6.07, 6.45) is 5.84. The van der Waals surface area contributed by atoms with Crippen molar-refractivity contribution in [3.63, 3.8) is 0 Å². The van der Waals surface area contributed by atoms with E-state index in [2.05, 4.69) is 21.2 Å². The van der Waals surface area contributed by atoms with E-state index in [-0.39, 0.29) is 6.04 Å². The number of nitrogens with zero attached hydrogens (tertiary/aromatic N) is 2. The number of hydrogen-bond donors (Lipinski definition) is 0. The molecule has 0 fully saturated rings. The van der Waals surface area contributed by atoms with E-state index in [1.165, 1.54) is 0 Å². The van der Waals surface area contributed by atoms with Gasteiger partial charge in [-0.2, -0.15) is 0 Å². The minimum absolute atomic E-state index is 0.190. The molecule has 0 N–H and O–H groups in total. The molecular weight excluding hydrogens is 176 g/mol. The number of aliphatic imine (C=N–C) groups is 1. The van der Waals surface area contributed by atoms with Crippen molar-refractivity contribution < 1.29 is 0 Å². The first-order chi connectivity index (χ1) is 5.47. The van der Waals surface area contributed by atoms with Crippen LogP contribution < -0.4 is 4.72 Å². The maximum Gasteiger partial charge on any atom is 0.112 e. The van der Waals surface area contributed by atoms with Gasteiger partial charge in [0.25, 0.3) is 0 Å². The van der Waals surface area contributed by atoms with Gasteiger partial charge in [0.05, 0.1) is 10.8 Å². The third-order valence-electron chi connectivity index (χ3n) is 1.42. The SMILES string of the molecule is C1=CC(C2=CSCS[N]2)N=C1. The van der Waals surface area contributed by atoms with Gasteiger partial charge in [-0.1, -0.05) is 6.08 Å². The molecule has 4 heteroatoms. The van der Waals surface area contributed by atoms with Gasteiger partial charge in [-0.15, -0.1) is 11.8 Å². The smallest absolute Gasteiger partial charge is 0.112 e. The van der Waals surface area contributed by atoms with Gasteiger partial charge in [0, 0.05) is 6.21 Å². The zero-order chi connectivity index (χ0) is 7.52. The molecule has 2 aliphatic rings. The predicted octanol–water partition coefficient (Wildman–Crippen LogP) is 1.79. The average molecular weight is 183 g/mol. The number of hydrogen-bond acceptors (Lipinski definition) is 3. The highest BCUT2D eigenvalue weighted by atomic mass is 32.2. The van der Waals surface area contributed by atoms with Gasteiger partial charge in [-0.05, 0) is 23.4 Å². The van der Waals surface area contributed by atoms with E-state index in [0.29, 0.717) is 0 Å². The highest BCUT2D eigenvalue weighted by Crippen LogP contribution is 2.25. The standard InChI is InChI=1S/C7H7N2S2/c1-2-6(8-3-1)7-4-10-5-11-9-7/h1-4,6H,5H2. The summed E-state index contributed by atoms with van der Waals surface area (Å²) in [6, 6.07) is 0.190. The minimum Gasteiger partial charge on any atom is -0.279 e. The third kappa shape index (κ3) is 1.62. The fraction of sp³-hybridized carbons (Fsp3) is 0.286. The summed E-state index contributed by atoms with van der Waals surface area (Å²) in [7, 11) is 0. The van der Waals surface area contributed by atoms with E-state index in [9.17, 15) is 0 Å². The minimum atomic E-state index is 0.190. The van der Waals surface area contributed by atoms with Gasteiger partial charge < -0.3 is 0 Å². The van der Waals surface area contributed by atoms with Crippen molar-refractivity contribution >= 4 is 29.9 Å². The molecule has 1 unspecified atom stereocenters. The summed E-state index contributed by atoms with van der Waals surface area (Å²) in [6.45, 7) is 0. The Morgan fingerprint density at radius 3 is 3.18 bits per heavy atom. The normalized spacial score (nSPS) is 28.4. The number of rotatable bonds is 1. The summed E-state index contributed by atoms with van der Waals surface area (Å²) in [5.74, 6) is 0. The van der Waals surface area contributed by atoms with E-state index >= 15 is 0 Å². The van der Waals surface area contributed by atoms with Crippen molar-refractivity contribution in [3.05, 3.63) is 23.3 Å². The van der Waals surface area contributed by atoms with Crippen molar-refractivity contribution in [2.24, 2.45) is 4.99 Å². The zero-order valence-corrected chi connectivity index (χ0v) is 7.44. The van der Waals surface area contributed by atoms with Crippen LogP contribution in [0.1, 0.15) is 0 Å². The second-order valence-corrected chi connectivity index (χ2v) is 4.13. The molecule has 0 aromatic heterocycles. The fourth-order valence-electron chi connectivity index (χ4n) is 0.918. The van der Waals surface area contributed by atoms with Crippen LogP contribution in [0.5, 0.6) is 0 Å². The largest absolute Gasteiger partial charge is 0.279 e. The first kappa shape index (κ1) is 7.31. The molecule has 1 radical (unpaired) electrons. The lowest BCUT2D eigenvalue weighted by atomic mass is 10.2. The number of allylic oxidation sites excluding steroid dienone is 1. The van der Waals surface area contributed by atoms with Crippen molar-refractivity contribution in [3.8, 4) is 0 Å². The molecule has 0 bridgehead atoms. The first-order valence-electron chi connectivity index (χ1n) is 3.31. The van der Waals surface area contributed by atoms with Crippen LogP contribution in [-0.2, 0) is 0 Å². The van der Waals surface area contributed by atoms with Crippen LogP contribution in [0.2, 0.25) is 0 Å². The quantitative estimate of drug-likeness (QED) is 0.579. The molecule has 1 atom stereocenters. The van der Waals surface area contributed by atoms with Crippen LogP contribution in [0.3, 0.4) is 0 Å². The van der Waals surface area contributed by atoms with E-state index < -0.39 is 0 Å². The topological polar surface area (TPSA) is 26.5 Å². The molecule has 2 nitrogen and oxygen atoms in total. The first-order valence-corrected chi connectivity index (χ1v) is 5.30. The Labute approximate surface area is 74.4 Å². The van der Waals surface area contributed by atoms with Crippen molar-refractivity contribution in [1.82, 2.24) is 4.72 Å². The van der Waals surface area contributed by atoms with Gasteiger partial charge in [-0.25, -0.2) is 4.72 Å². The van der Waals surface area contributed by atoms with Gasteiger partial charge in [0.15, 0.2) is 0 Å². The Bertz CT molecular complexity index is 221. The second kappa shape index (κ2) is 3.36. The van der Waals surface area contributed by atoms with E-state index in [1.54, 1.807) is 23.7 Å². The molecule has 2 heterocycles. The van der Waals surface area contributed by atoms with Crippen molar-refractivity contribution in [1.29, 1.82) is 0 Å². The Morgan fingerprint density at radius 1 is 1.55 bits per heavy atom. The van der Waals surface area contributed by atoms with Crippen LogP contribution in [0.15, 0.2) is 28.2 Å². The zero-order valence-electron chi connectivity index (χ0n) is 5.80. The predicted molar refractivity (Wildman–Crippen MR) is 51.7 cm³/mol. The maximum absolute atomic E-state index is 4.30. The lowest BCUT2D eigenvalue weighted by Gasteiger charge is -2.13. The summed E-state index contributed by atoms with van der Waals surface area (Å²) < 4.78 is 4.30. The van der Waals surface area contributed by atoms with Crippen molar-refractivity contribution in [2.45, 2.75) is 6.04 Å². The lowest BCUT2D eigenvalue weighted by molar-refractivity contribution is 0.918. The fourth-order valence-corrected chi connectivity index (χ4v) is 2.38. The van der Waals surface area contributed by atoms with E-state index in [0.717, 1.165) is 10.8 Å². The monoisotopic (exact) mass is 183 g/mol. The molecule has 0 amide bonds. The van der Waals surface area contributed by atoms with Crippen LogP contribution in [-0.4, -0.2) is 17.3 Å². The highest BCUT2D eigenvalue weighted by Gasteiger charge is 2.15. The molecule has 0 saturated carbocycles. The third-order valence-corrected chi connectivity index (χ3v) is 3.14. The molecule has 11 heavy (non-hydrogen) atoms. The van der Waals surface area contributed by atoms with Crippen molar-refractivity contribution in [2.75, 3.05) is 5.08 Å². The van der Waals surface area contributed by atoms with Crippen LogP contribution >= 0.6 is 23.7 Å². The highest BCUT2D eigenvalue weighted by molar-refractivity contribution is 8.17. The van der Waals surface area contributed by atoms with E-state index in [4.69, 9.17) is 0 Å². The summed E-state index contributed by atoms with van der Waals surface area (Å²) in [4.78, 5) is 4.23. The Hall–Kier alpha value is -0.350. The molecule has 0 aromatic rings. The van der Waals surface area contributed by atoms with Crippen LogP contribution in [0.4, 0.5) is 0 Å². The Kier molecular flexibility index (Phi) is 2.23. The summed E-state index contributed by atoms with van der Waals surface area (Å²) >= 11 is 3.39. The molecule has 0 saturated heterocycles. The second-order valence-electron chi connectivity index (χ2n) is 2.18. The molecule has 0 aromatic carbocycles. The Morgan fingerprint density at radius 2 is 2.55 bits per heavy atom. The average Bonchev–Trinajstić information content (AvgIpc) is 2.58. The van der Waals surface area contributed by atoms with Gasteiger partial charge in [0.1, 0.15) is 6.04 Å². The summed E-state index contributed by atoms with van der Waals surface area (Å²) in [5.41, 5.74) is 1.08. The van der Waals surface area contributed by atoms with E-state index in [1.807, 2.05) is 12.3 Å². The van der Waals surface area contributed by atoms with Gasteiger partial charge in [-0.3, -0.25) is 4.99 Å². The van der Waals surface area contributed by atoms with Gasteiger partial charge >= 0.3 is 0 Å². The molecular formula is C7H7N2S2. The van der Waals surface area contributed by atoms with Crippen LogP contribution in [0.25, 0.3) is 0 Å². The maximum atomic E-state index is 4.30. The van der Waals surface area contributed by atoms with Crippen LogP contribution in [0, 0.1) is 0 Å². The molecule has 2 aliphatic heterocycles. The molecule has 0 spiro atoms. The lowest BCUT2D eigenvalue weighted by Crippen LogP contribution is -2.11. The molecule has 0 aliphatic carbocycles. The molecule has 57 valence electrons. The number of thioether (sulfide) groups is 1. The summed E-state index contributed by atoms with van der Waals surface area (Å²) in [5, 5.41) is 3.12. The molecule has 2 rings (SSSR count). The van der Waals surface area contributed by atoms with Gasteiger partial charge in [0.2, 0.25) is 0 Å². The Balaban J connectivity index is 2.08.